The van der Waals surface area contributed by atoms with Crippen molar-refractivity contribution in [3.63, 3.8) is 0 Å². The maximum Gasteiger partial charge on any atom is 0.206 e. The second kappa shape index (κ2) is 7.66. The predicted molar refractivity (Wildman–Crippen MR) is 106 cm³/mol. The van der Waals surface area contributed by atoms with Crippen molar-refractivity contribution in [2.24, 2.45) is 11.8 Å². The summed E-state index contributed by atoms with van der Waals surface area (Å²) < 4.78 is 6.50. The van der Waals surface area contributed by atoms with Gasteiger partial charge in [0.2, 0.25) is 5.78 Å². The third kappa shape index (κ3) is 3.79. The van der Waals surface area contributed by atoms with Crippen molar-refractivity contribution in [1.29, 1.82) is 0 Å². The van der Waals surface area contributed by atoms with Gasteiger partial charge in [-0.1, -0.05) is 55.3 Å². The van der Waals surface area contributed by atoms with Crippen LogP contribution in [0.1, 0.15) is 64.2 Å². The lowest BCUT2D eigenvalue weighted by atomic mass is 9.69. The summed E-state index contributed by atoms with van der Waals surface area (Å²) in [5, 5.41) is 0. The van der Waals surface area contributed by atoms with Crippen LogP contribution in [0.4, 0.5) is 0 Å². The summed E-state index contributed by atoms with van der Waals surface area (Å²) in [6, 6.07) is 9.59. The molecule has 1 aliphatic heterocycles. The van der Waals surface area contributed by atoms with Crippen LogP contribution in [0.3, 0.4) is 0 Å². The third-order valence-electron chi connectivity index (χ3n) is 6.27. The number of hydrogen-bond donors (Lipinski definition) is 0. The summed E-state index contributed by atoms with van der Waals surface area (Å²) in [4.78, 5) is 15.6. The molecule has 1 heterocycles. The standard InChI is InChI=1S/C23H33NO2/c1-16(2)13-14-24-22(21(25)18-9-7-6-8-10-18)26-20-15-17(3)11-12-19(20)23(24,4)5/h6-10,13,17,19-20,22H,11-12,14-15H2,1-5H3/t17-,19-,20-,22+/m1/s1. The minimum absolute atomic E-state index is 0.0654. The lowest BCUT2D eigenvalue weighted by Gasteiger charge is -2.56. The van der Waals surface area contributed by atoms with Crippen molar-refractivity contribution < 1.29 is 9.53 Å². The fourth-order valence-corrected chi connectivity index (χ4v) is 4.60. The van der Waals surface area contributed by atoms with E-state index in [2.05, 4.69) is 45.6 Å². The van der Waals surface area contributed by atoms with Gasteiger partial charge in [-0.2, -0.15) is 0 Å². The average molecular weight is 356 g/mol. The largest absolute Gasteiger partial charge is 0.352 e. The molecule has 3 nitrogen and oxygen atoms in total. The first-order chi connectivity index (χ1) is 12.3. The Hall–Kier alpha value is -1.45. The first-order valence-corrected chi connectivity index (χ1v) is 9.95. The zero-order chi connectivity index (χ0) is 18.9. The van der Waals surface area contributed by atoms with Crippen molar-refractivity contribution in [2.75, 3.05) is 6.54 Å². The molecule has 0 spiro atoms. The highest BCUT2D eigenvalue weighted by molar-refractivity contribution is 5.99. The molecule has 1 aromatic rings. The molecule has 4 atom stereocenters. The van der Waals surface area contributed by atoms with Crippen molar-refractivity contribution in [3.8, 4) is 0 Å². The number of nitrogens with zero attached hydrogens (tertiary/aromatic N) is 1. The Morgan fingerprint density at radius 2 is 1.92 bits per heavy atom. The SMILES string of the molecule is CC(C)=CCN1[C@H](C(=O)c2ccccc2)O[C@@H]2C[C@H](C)CC[C@H]2C1(C)C. The van der Waals surface area contributed by atoms with Crippen LogP contribution in [0.15, 0.2) is 42.0 Å². The smallest absolute Gasteiger partial charge is 0.206 e. The van der Waals surface area contributed by atoms with E-state index in [1.807, 2.05) is 30.3 Å². The number of fused-ring (bicyclic) bond motifs is 1. The Labute approximate surface area is 158 Å². The molecule has 3 heteroatoms. The number of carbonyl (C=O) groups is 1. The molecule has 1 aliphatic carbocycles. The Bertz CT molecular complexity index is 660. The van der Waals surface area contributed by atoms with Crippen molar-refractivity contribution in [3.05, 3.63) is 47.5 Å². The van der Waals surface area contributed by atoms with Gasteiger partial charge in [0.1, 0.15) is 0 Å². The second-order valence-corrected chi connectivity index (χ2v) is 8.87. The molecule has 0 aromatic heterocycles. The van der Waals surface area contributed by atoms with Crippen LogP contribution in [-0.2, 0) is 4.74 Å². The van der Waals surface area contributed by atoms with E-state index < -0.39 is 6.23 Å². The fourth-order valence-electron chi connectivity index (χ4n) is 4.60. The summed E-state index contributed by atoms with van der Waals surface area (Å²) in [7, 11) is 0. The molecule has 142 valence electrons. The minimum Gasteiger partial charge on any atom is -0.352 e. The maximum absolute atomic E-state index is 13.3. The van der Waals surface area contributed by atoms with Crippen molar-refractivity contribution in [2.45, 2.75) is 71.8 Å². The molecule has 0 N–H and O–H groups in total. The molecule has 1 aromatic carbocycles. The van der Waals surface area contributed by atoms with Gasteiger partial charge in [0, 0.05) is 23.6 Å². The Kier molecular flexibility index (Phi) is 5.69. The molecular weight excluding hydrogens is 322 g/mol. The Balaban J connectivity index is 1.95. The van der Waals surface area contributed by atoms with Crippen LogP contribution in [0.5, 0.6) is 0 Å². The number of hydrogen-bond acceptors (Lipinski definition) is 3. The van der Waals surface area contributed by atoms with Gasteiger partial charge in [-0.15, -0.1) is 0 Å². The number of ketones is 1. The van der Waals surface area contributed by atoms with Gasteiger partial charge in [0.15, 0.2) is 6.23 Å². The zero-order valence-electron chi connectivity index (χ0n) is 16.9. The molecule has 2 aliphatic rings. The molecule has 1 saturated carbocycles. The summed E-state index contributed by atoms with van der Waals surface area (Å²) in [6.45, 7) is 11.9. The minimum atomic E-state index is -0.505. The molecule has 3 rings (SSSR count). The van der Waals surface area contributed by atoms with Gasteiger partial charge >= 0.3 is 0 Å². The Morgan fingerprint density at radius 1 is 1.23 bits per heavy atom. The van der Waals surface area contributed by atoms with E-state index in [4.69, 9.17) is 4.74 Å². The van der Waals surface area contributed by atoms with Gasteiger partial charge in [0.05, 0.1) is 6.10 Å². The van der Waals surface area contributed by atoms with E-state index in [1.165, 1.54) is 18.4 Å². The van der Waals surface area contributed by atoms with E-state index in [1.54, 1.807) is 0 Å². The molecule has 2 fully saturated rings. The number of ether oxygens (including phenoxy) is 1. The highest BCUT2D eigenvalue weighted by Gasteiger charge is 2.52. The number of Topliss-reactive ketones (excluding diaryl/α,β-unsaturated/α-hetero) is 1. The normalized spacial score (nSPS) is 31.1. The predicted octanol–water partition coefficient (Wildman–Crippen LogP) is 5.08. The van der Waals surface area contributed by atoms with E-state index in [9.17, 15) is 4.79 Å². The van der Waals surface area contributed by atoms with Crippen molar-refractivity contribution in [1.82, 2.24) is 4.90 Å². The second-order valence-electron chi connectivity index (χ2n) is 8.87. The van der Waals surface area contributed by atoms with Crippen LogP contribution in [0.25, 0.3) is 0 Å². The van der Waals surface area contributed by atoms with Crippen LogP contribution < -0.4 is 0 Å². The number of carbonyl (C=O) groups excluding carboxylic acids is 1. The lowest BCUT2D eigenvalue weighted by Crippen LogP contribution is -2.66. The van der Waals surface area contributed by atoms with Gasteiger partial charge in [-0.05, 0) is 46.5 Å². The molecule has 0 bridgehead atoms. The molecule has 1 saturated heterocycles. The molecule has 0 amide bonds. The van der Waals surface area contributed by atoms with E-state index >= 15 is 0 Å². The third-order valence-corrected chi connectivity index (χ3v) is 6.27. The lowest BCUT2D eigenvalue weighted by molar-refractivity contribution is -0.210. The molecule has 26 heavy (non-hydrogen) atoms. The zero-order valence-corrected chi connectivity index (χ0v) is 16.9. The first-order valence-electron chi connectivity index (χ1n) is 9.95. The van der Waals surface area contributed by atoms with Crippen LogP contribution in [0.2, 0.25) is 0 Å². The summed E-state index contributed by atoms with van der Waals surface area (Å²) >= 11 is 0. The summed E-state index contributed by atoms with van der Waals surface area (Å²) in [5.41, 5.74) is 1.94. The van der Waals surface area contributed by atoms with Gasteiger partial charge in [-0.25, -0.2) is 0 Å². The molecule has 0 radical (unpaired) electrons. The summed E-state index contributed by atoms with van der Waals surface area (Å²) in [5.74, 6) is 1.23. The van der Waals surface area contributed by atoms with Crippen LogP contribution in [0, 0.1) is 11.8 Å². The topological polar surface area (TPSA) is 29.5 Å². The van der Waals surface area contributed by atoms with Gasteiger partial charge in [-0.3, -0.25) is 9.69 Å². The average Bonchev–Trinajstić information content (AvgIpc) is 2.60. The van der Waals surface area contributed by atoms with Crippen LogP contribution in [-0.4, -0.2) is 35.1 Å². The van der Waals surface area contributed by atoms with E-state index in [0.29, 0.717) is 11.8 Å². The van der Waals surface area contributed by atoms with E-state index in [-0.39, 0.29) is 17.4 Å². The molecular formula is C23H33NO2. The highest BCUT2D eigenvalue weighted by Crippen LogP contribution is 2.45. The summed E-state index contributed by atoms with van der Waals surface area (Å²) in [6.07, 6.45) is 5.37. The van der Waals surface area contributed by atoms with E-state index in [0.717, 1.165) is 18.5 Å². The van der Waals surface area contributed by atoms with Crippen LogP contribution >= 0.6 is 0 Å². The van der Waals surface area contributed by atoms with Gasteiger partial charge < -0.3 is 4.74 Å². The quantitative estimate of drug-likeness (QED) is 0.557. The monoisotopic (exact) mass is 355 g/mol. The molecule has 0 unspecified atom stereocenters. The van der Waals surface area contributed by atoms with Gasteiger partial charge in [0.25, 0.3) is 0 Å². The van der Waals surface area contributed by atoms with Crippen molar-refractivity contribution >= 4 is 5.78 Å². The first kappa shape index (κ1) is 19.3. The highest BCUT2D eigenvalue weighted by atomic mass is 16.5. The number of allylic oxidation sites excluding steroid dienone is 1. The number of rotatable bonds is 4. The number of benzene rings is 1. The fraction of sp³-hybridized carbons (Fsp3) is 0.609. The maximum atomic E-state index is 13.3. The Morgan fingerprint density at radius 3 is 2.58 bits per heavy atom.